The van der Waals surface area contributed by atoms with Gasteiger partial charge in [-0.05, 0) is 43.3 Å². The fourth-order valence-corrected chi connectivity index (χ4v) is 4.50. The predicted molar refractivity (Wildman–Crippen MR) is 115 cm³/mol. The standard InChI is InChI=1S/C21H22F3N3O6S/c1-5-32-20(29)18-19(28)17-15(7-6-8-16(17)34(4,30)31)26(27(18)25(2)3)13-9-11-14(12-10-13)33-21(22,23)24/h6-12,18H,5H2,1-4H3. The summed E-state index contributed by atoms with van der Waals surface area (Å²) < 4.78 is 71.6. The number of esters is 1. The SMILES string of the molecule is CCOC(=O)C1C(=O)c2c(cccc2S(C)(=O)=O)N(c2ccc(OC(F)(F)F)cc2)N1N(C)C. The molecule has 1 atom stereocenters. The first-order valence-corrected chi connectivity index (χ1v) is 11.8. The van der Waals surface area contributed by atoms with Gasteiger partial charge in [0.2, 0.25) is 6.04 Å². The van der Waals surface area contributed by atoms with E-state index in [1.165, 1.54) is 45.5 Å². The van der Waals surface area contributed by atoms with E-state index in [4.69, 9.17) is 4.74 Å². The van der Waals surface area contributed by atoms with Crippen molar-refractivity contribution < 1.29 is 40.7 Å². The van der Waals surface area contributed by atoms with Crippen molar-refractivity contribution in [3.05, 3.63) is 48.0 Å². The molecule has 0 amide bonds. The van der Waals surface area contributed by atoms with Crippen LogP contribution in [-0.4, -0.2) is 69.7 Å². The maximum absolute atomic E-state index is 13.5. The fourth-order valence-electron chi connectivity index (χ4n) is 3.60. The van der Waals surface area contributed by atoms with Crippen molar-refractivity contribution >= 4 is 33.0 Å². The second-order valence-corrected chi connectivity index (χ2v) is 9.45. The van der Waals surface area contributed by atoms with Gasteiger partial charge in [0.05, 0.1) is 28.4 Å². The summed E-state index contributed by atoms with van der Waals surface area (Å²) in [6.07, 6.45) is -3.96. The van der Waals surface area contributed by atoms with Crippen molar-refractivity contribution in [1.29, 1.82) is 0 Å². The maximum Gasteiger partial charge on any atom is 0.573 e. The normalized spacial score (nSPS) is 17.0. The number of ether oxygens (including phenoxy) is 2. The highest BCUT2D eigenvalue weighted by molar-refractivity contribution is 7.90. The molecule has 13 heteroatoms. The van der Waals surface area contributed by atoms with E-state index < -0.39 is 39.7 Å². The number of hydrazine groups is 2. The van der Waals surface area contributed by atoms with Crippen LogP contribution >= 0.6 is 0 Å². The molecule has 0 aliphatic carbocycles. The summed E-state index contributed by atoms with van der Waals surface area (Å²) in [5.41, 5.74) is 0.125. The molecule has 9 nitrogen and oxygen atoms in total. The van der Waals surface area contributed by atoms with Gasteiger partial charge in [-0.3, -0.25) is 9.80 Å². The quantitative estimate of drug-likeness (QED) is 0.437. The minimum Gasteiger partial charge on any atom is -0.464 e. The highest BCUT2D eigenvalue weighted by Crippen LogP contribution is 2.41. The first-order valence-electron chi connectivity index (χ1n) is 9.92. The number of Topliss-reactive ketones (excluding diaryl/α,β-unsaturated/α-hetero) is 1. The van der Waals surface area contributed by atoms with Crippen LogP contribution in [0.4, 0.5) is 24.5 Å². The molecular weight excluding hydrogens is 479 g/mol. The molecule has 34 heavy (non-hydrogen) atoms. The minimum absolute atomic E-state index is 0.0338. The van der Waals surface area contributed by atoms with Crippen molar-refractivity contribution in [2.75, 3.05) is 32.0 Å². The zero-order chi connectivity index (χ0) is 25.4. The molecule has 0 bridgehead atoms. The van der Waals surface area contributed by atoms with Crippen LogP contribution < -0.4 is 9.75 Å². The Morgan fingerprint density at radius 3 is 2.24 bits per heavy atom. The monoisotopic (exact) mass is 501 g/mol. The molecule has 1 aliphatic rings. The van der Waals surface area contributed by atoms with E-state index in [9.17, 15) is 31.2 Å². The molecule has 0 saturated heterocycles. The lowest BCUT2D eigenvalue weighted by Crippen LogP contribution is -2.62. The average Bonchev–Trinajstić information content (AvgIpc) is 2.72. The average molecular weight is 501 g/mol. The van der Waals surface area contributed by atoms with E-state index in [0.717, 1.165) is 18.4 Å². The van der Waals surface area contributed by atoms with Gasteiger partial charge >= 0.3 is 12.3 Å². The van der Waals surface area contributed by atoms with E-state index in [2.05, 4.69) is 4.74 Å². The van der Waals surface area contributed by atoms with Gasteiger partial charge in [0.15, 0.2) is 15.6 Å². The number of benzene rings is 2. The van der Waals surface area contributed by atoms with Gasteiger partial charge in [0, 0.05) is 20.4 Å². The lowest BCUT2D eigenvalue weighted by Gasteiger charge is -2.46. The Balaban J connectivity index is 2.27. The van der Waals surface area contributed by atoms with Gasteiger partial charge in [0.25, 0.3) is 0 Å². The number of carbonyl (C=O) groups excluding carboxylic acids is 2. The van der Waals surface area contributed by atoms with Crippen molar-refractivity contribution in [3.63, 3.8) is 0 Å². The molecule has 0 radical (unpaired) electrons. The Hall–Kier alpha value is -3.16. The molecule has 0 saturated carbocycles. The number of carbonyl (C=O) groups is 2. The number of hydrogen-bond acceptors (Lipinski definition) is 9. The molecule has 184 valence electrons. The van der Waals surface area contributed by atoms with E-state index in [-0.39, 0.29) is 28.4 Å². The predicted octanol–water partition coefficient (Wildman–Crippen LogP) is 2.95. The zero-order valence-corrected chi connectivity index (χ0v) is 19.5. The van der Waals surface area contributed by atoms with Crippen LogP contribution in [0.15, 0.2) is 47.4 Å². The topological polar surface area (TPSA) is 96.5 Å². The zero-order valence-electron chi connectivity index (χ0n) is 18.7. The van der Waals surface area contributed by atoms with Gasteiger partial charge in [-0.1, -0.05) is 6.07 Å². The third-order valence-corrected chi connectivity index (χ3v) is 5.94. The Morgan fingerprint density at radius 1 is 1.12 bits per heavy atom. The Bertz CT molecular complexity index is 1200. The van der Waals surface area contributed by atoms with Crippen molar-refractivity contribution in [2.24, 2.45) is 0 Å². The summed E-state index contributed by atoms with van der Waals surface area (Å²) in [5.74, 6) is -2.19. The first kappa shape index (κ1) is 25.5. The van der Waals surface area contributed by atoms with Gasteiger partial charge in [-0.2, -0.15) is 0 Å². The van der Waals surface area contributed by atoms with Crippen LogP contribution in [0.25, 0.3) is 0 Å². The fraction of sp³-hybridized carbons (Fsp3) is 0.333. The number of alkyl halides is 3. The molecule has 2 aromatic carbocycles. The van der Waals surface area contributed by atoms with E-state index in [1.54, 1.807) is 21.0 Å². The van der Waals surface area contributed by atoms with E-state index in [0.29, 0.717) is 0 Å². The lowest BCUT2D eigenvalue weighted by atomic mass is 9.98. The van der Waals surface area contributed by atoms with Gasteiger partial charge < -0.3 is 9.47 Å². The molecule has 3 rings (SSSR count). The summed E-state index contributed by atoms with van der Waals surface area (Å²) in [4.78, 5) is 26.1. The molecular formula is C21H22F3N3O6S. The number of hydrogen-bond donors (Lipinski definition) is 0. The lowest BCUT2D eigenvalue weighted by molar-refractivity contribution is -0.274. The number of ketones is 1. The van der Waals surface area contributed by atoms with Crippen LogP contribution in [0, 0.1) is 0 Å². The third kappa shape index (κ3) is 5.00. The highest BCUT2D eigenvalue weighted by Gasteiger charge is 2.47. The molecule has 1 heterocycles. The van der Waals surface area contributed by atoms with Crippen LogP contribution in [0.5, 0.6) is 5.75 Å². The molecule has 1 unspecified atom stereocenters. The number of halogens is 3. The Labute approximate surface area is 194 Å². The first-order chi connectivity index (χ1) is 15.8. The van der Waals surface area contributed by atoms with Crippen LogP contribution in [0.2, 0.25) is 0 Å². The van der Waals surface area contributed by atoms with Gasteiger partial charge in [0.1, 0.15) is 5.75 Å². The minimum atomic E-state index is -4.89. The van der Waals surface area contributed by atoms with Gasteiger partial charge in [-0.15, -0.1) is 18.3 Å². The smallest absolute Gasteiger partial charge is 0.464 e. The number of anilines is 2. The van der Waals surface area contributed by atoms with Crippen molar-refractivity contribution in [2.45, 2.75) is 24.2 Å². The van der Waals surface area contributed by atoms with E-state index in [1.807, 2.05) is 0 Å². The van der Waals surface area contributed by atoms with Gasteiger partial charge in [-0.25, -0.2) is 18.2 Å². The summed E-state index contributed by atoms with van der Waals surface area (Å²) in [5, 5.41) is 4.02. The third-order valence-electron chi connectivity index (χ3n) is 4.80. The second-order valence-electron chi connectivity index (χ2n) is 7.46. The summed E-state index contributed by atoms with van der Waals surface area (Å²) in [7, 11) is -0.804. The highest BCUT2D eigenvalue weighted by atomic mass is 32.2. The molecule has 1 aliphatic heterocycles. The maximum atomic E-state index is 13.5. The summed E-state index contributed by atoms with van der Waals surface area (Å²) in [6.45, 7) is 1.52. The Morgan fingerprint density at radius 2 is 1.74 bits per heavy atom. The summed E-state index contributed by atoms with van der Waals surface area (Å²) >= 11 is 0. The van der Waals surface area contributed by atoms with E-state index >= 15 is 0 Å². The number of rotatable bonds is 6. The molecule has 0 spiro atoms. The number of fused-ring (bicyclic) bond motifs is 1. The van der Waals surface area contributed by atoms with Crippen LogP contribution in [0.3, 0.4) is 0 Å². The van der Waals surface area contributed by atoms with Crippen LogP contribution in [0.1, 0.15) is 17.3 Å². The largest absolute Gasteiger partial charge is 0.573 e. The van der Waals surface area contributed by atoms with Crippen LogP contribution in [-0.2, 0) is 19.4 Å². The molecule has 0 N–H and O–H groups in total. The van der Waals surface area contributed by atoms with Crippen molar-refractivity contribution in [3.8, 4) is 5.75 Å². The number of nitrogens with zero attached hydrogens (tertiary/aromatic N) is 3. The Kier molecular flexibility index (Phi) is 6.92. The number of sulfone groups is 1. The summed E-state index contributed by atoms with van der Waals surface area (Å²) in [6, 6.07) is 7.25. The molecule has 0 aromatic heterocycles. The van der Waals surface area contributed by atoms with Crippen molar-refractivity contribution in [1.82, 2.24) is 10.1 Å². The molecule has 0 fully saturated rings. The second kappa shape index (κ2) is 9.24. The molecule has 2 aromatic rings.